The number of hydrogen-bond acceptors (Lipinski definition) is 2. The molecule has 0 radical (unpaired) electrons. The van der Waals surface area contributed by atoms with E-state index in [1.165, 1.54) is 16.8 Å². The van der Waals surface area contributed by atoms with Crippen molar-refractivity contribution in [3.63, 3.8) is 0 Å². The van der Waals surface area contributed by atoms with E-state index in [4.69, 9.17) is 0 Å². The van der Waals surface area contributed by atoms with Crippen molar-refractivity contribution in [2.75, 3.05) is 11.9 Å². The van der Waals surface area contributed by atoms with Gasteiger partial charge >= 0.3 is 0 Å². The molecule has 3 rings (SSSR count). The summed E-state index contributed by atoms with van der Waals surface area (Å²) in [6, 6.07) is 8.34. The minimum absolute atomic E-state index is 0.0115. The van der Waals surface area contributed by atoms with Gasteiger partial charge in [-0.1, -0.05) is 18.2 Å². The first-order chi connectivity index (χ1) is 7.63. The Labute approximate surface area is 95.6 Å². The minimum atomic E-state index is 0.0115. The highest BCUT2D eigenvalue weighted by molar-refractivity contribution is 6.05. The van der Waals surface area contributed by atoms with Crippen LogP contribution in [0.15, 0.2) is 30.3 Å². The molecular weight excluding hydrogens is 198 g/mol. The van der Waals surface area contributed by atoms with Crippen molar-refractivity contribution in [3.05, 3.63) is 35.9 Å². The van der Waals surface area contributed by atoms with Crippen LogP contribution in [-0.2, 0) is 4.79 Å². The molecule has 0 aromatic heterocycles. The van der Waals surface area contributed by atoms with Gasteiger partial charge in [0, 0.05) is 24.7 Å². The molecule has 0 bridgehead atoms. The number of nitrogens with zero attached hydrogens (tertiary/aromatic N) is 1. The molecule has 82 valence electrons. The van der Waals surface area contributed by atoms with Gasteiger partial charge in [0.2, 0.25) is 0 Å². The third-order valence-corrected chi connectivity index (χ3v) is 4.04. The van der Waals surface area contributed by atoms with E-state index in [2.05, 4.69) is 37.1 Å². The molecule has 1 unspecified atom stereocenters. The predicted octanol–water partition coefficient (Wildman–Crippen LogP) is 2.64. The molecule has 0 saturated carbocycles. The van der Waals surface area contributed by atoms with Crippen molar-refractivity contribution in [1.82, 2.24) is 0 Å². The van der Waals surface area contributed by atoms with Gasteiger partial charge in [0.15, 0.2) is 5.78 Å². The second-order valence-electron chi connectivity index (χ2n) is 4.87. The molecule has 1 atom stereocenters. The number of allylic oxidation sites excluding steroid dienone is 1. The van der Waals surface area contributed by atoms with Gasteiger partial charge in [0.25, 0.3) is 0 Å². The number of likely N-dealkylation sites (N-methyl/N-ethyl adjacent to an activating group) is 1. The van der Waals surface area contributed by atoms with E-state index in [0.717, 1.165) is 6.42 Å². The second-order valence-corrected chi connectivity index (χ2v) is 4.87. The summed E-state index contributed by atoms with van der Waals surface area (Å²) >= 11 is 0. The number of rotatable bonds is 0. The van der Waals surface area contributed by atoms with Gasteiger partial charge < -0.3 is 4.90 Å². The first kappa shape index (κ1) is 9.64. The number of anilines is 1. The maximum atomic E-state index is 11.6. The van der Waals surface area contributed by atoms with E-state index in [9.17, 15) is 4.79 Å². The van der Waals surface area contributed by atoms with Gasteiger partial charge in [-0.3, -0.25) is 4.79 Å². The van der Waals surface area contributed by atoms with E-state index >= 15 is 0 Å². The Balaban J connectivity index is 2.26. The minimum Gasteiger partial charge on any atom is -0.365 e. The van der Waals surface area contributed by atoms with Crippen LogP contribution < -0.4 is 4.90 Å². The molecule has 0 spiro atoms. The summed E-state index contributed by atoms with van der Waals surface area (Å²) in [6.07, 6.45) is 3.42. The van der Waals surface area contributed by atoms with Crippen LogP contribution in [0.3, 0.4) is 0 Å². The summed E-state index contributed by atoms with van der Waals surface area (Å²) in [4.78, 5) is 13.9. The molecule has 0 amide bonds. The largest absolute Gasteiger partial charge is 0.365 e. The Morgan fingerprint density at radius 3 is 2.88 bits per heavy atom. The lowest BCUT2D eigenvalue weighted by Gasteiger charge is -2.37. The van der Waals surface area contributed by atoms with Crippen molar-refractivity contribution < 1.29 is 4.79 Å². The molecule has 2 aliphatic rings. The highest BCUT2D eigenvalue weighted by Gasteiger charge is 2.44. The van der Waals surface area contributed by atoms with E-state index in [1.807, 2.05) is 12.1 Å². The third kappa shape index (κ3) is 1.04. The van der Waals surface area contributed by atoms with Crippen LogP contribution in [0.1, 0.15) is 25.3 Å². The maximum Gasteiger partial charge on any atom is 0.156 e. The van der Waals surface area contributed by atoms with Crippen molar-refractivity contribution in [2.24, 2.45) is 0 Å². The molecular formula is C14H15NO. The van der Waals surface area contributed by atoms with Gasteiger partial charge in [-0.2, -0.15) is 0 Å². The number of hydrogen-bond donors (Lipinski definition) is 0. The number of carbonyl (C=O) groups is 1. The first-order valence-corrected chi connectivity index (χ1v) is 5.71. The predicted molar refractivity (Wildman–Crippen MR) is 65.5 cm³/mol. The van der Waals surface area contributed by atoms with Gasteiger partial charge in [0.05, 0.1) is 5.54 Å². The highest BCUT2D eigenvalue weighted by Crippen LogP contribution is 2.49. The Kier molecular flexibility index (Phi) is 1.79. The lowest BCUT2D eigenvalue weighted by Crippen LogP contribution is -2.42. The molecule has 2 heteroatoms. The van der Waals surface area contributed by atoms with Crippen LogP contribution in [0, 0.1) is 0 Å². The van der Waals surface area contributed by atoms with Crippen molar-refractivity contribution >= 4 is 17.0 Å². The second kappa shape index (κ2) is 2.97. The van der Waals surface area contributed by atoms with E-state index in [1.54, 1.807) is 0 Å². The zero-order chi connectivity index (χ0) is 11.3. The fourth-order valence-electron chi connectivity index (χ4n) is 2.87. The number of benzene rings is 1. The average Bonchev–Trinajstić information content (AvgIpc) is 2.51. The monoisotopic (exact) mass is 213 g/mol. The molecule has 1 aromatic rings. The van der Waals surface area contributed by atoms with Gasteiger partial charge in [0.1, 0.15) is 0 Å². The lowest BCUT2D eigenvalue weighted by atomic mass is 9.80. The normalized spacial score (nSPS) is 27.5. The summed E-state index contributed by atoms with van der Waals surface area (Å²) in [5.74, 6) is 0.262. The number of fused-ring (bicyclic) bond motifs is 3. The fraction of sp³-hybridized carbons (Fsp3) is 0.357. The van der Waals surface area contributed by atoms with Gasteiger partial charge in [-0.25, -0.2) is 0 Å². The van der Waals surface area contributed by atoms with Gasteiger partial charge in [-0.05, 0) is 31.1 Å². The summed E-state index contributed by atoms with van der Waals surface area (Å²) < 4.78 is 0. The average molecular weight is 213 g/mol. The number of ketones is 1. The molecule has 2 nitrogen and oxygen atoms in total. The van der Waals surface area contributed by atoms with Crippen molar-refractivity contribution in [2.45, 2.75) is 25.3 Å². The number of carbonyl (C=O) groups excluding carboxylic acids is 1. The van der Waals surface area contributed by atoms with Crippen LogP contribution in [-0.4, -0.2) is 18.4 Å². The molecule has 1 aliphatic heterocycles. The van der Waals surface area contributed by atoms with Crippen LogP contribution in [0.4, 0.5) is 5.69 Å². The standard InChI is InChI=1S/C14H15NO/c1-14-8-7-10(16)9-12(14)11-5-3-4-6-13(11)15(14)2/h3-6,9H,7-8H2,1-2H3. The Hall–Kier alpha value is -1.57. The lowest BCUT2D eigenvalue weighted by molar-refractivity contribution is -0.115. The van der Waals surface area contributed by atoms with Crippen LogP contribution in [0.5, 0.6) is 0 Å². The quantitative estimate of drug-likeness (QED) is 0.660. The van der Waals surface area contributed by atoms with Crippen LogP contribution in [0.25, 0.3) is 5.57 Å². The molecule has 0 fully saturated rings. The van der Waals surface area contributed by atoms with Crippen molar-refractivity contribution in [1.29, 1.82) is 0 Å². The summed E-state index contributed by atoms with van der Waals surface area (Å²) in [7, 11) is 2.12. The van der Waals surface area contributed by atoms with Crippen LogP contribution in [0.2, 0.25) is 0 Å². The molecule has 1 heterocycles. The summed E-state index contributed by atoms with van der Waals surface area (Å²) in [5, 5.41) is 0. The molecule has 16 heavy (non-hydrogen) atoms. The van der Waals surface area contributed by atoms with E-state index < -0.39 is 0 Å². The smallest absolute Gasteiger partial charge is 0.156 e. The SMILES string of the molecule is CN1c2ccccc2C2=CC(=O)CCC21C. The fourth-order valence-corrected chi connectivity index (χ4v) is 2.87. The van der Waals surface area contributed by atoms with Gasteiger partial charge in [-0.15, -0.1) is 0 Å². The highest BCUT2D eigenvalue weighted by atomic mass is 16.1. The summed E-state index contributed by atoms with van der Waals surface area (Å²) in [5.41, 5.74) is 3.67. The zero-order valence-electron chi connectivity index (χ0n) is 9.66. The first-order valence-electron chi connectivity index (χ1n) is 5.71. The van der Waals surface area contributed by atoms with Crippen molar-refractivity contribution in [3.8, 4) is 0 Å². The molecule has 1 aromatic carbocycles. The number of para-hydroxylation sites is 1. The Morgan fingerprint density at radius 1 is 1.31 bits per heavy atom. The molecule has 0 saturated heterocycles. The molecule has 1 aliphatic carbocycles. The Morgan fingerprint density at radius 2 is 2.06 bits per heavy atom. The maximum absolute atomic E-state index is 11.6. The Bertz CT molecular complexity index is 503. The summed E-state index contributed by atoms with van der Waals surface area (Å²) in [6.45, 7) is 2.23. The van der Waals surface area contributed by atoms with E-state index in [-0.39, 0.29) is 11.3 Å². The van der Waals surface area contributed by atoms with E-state index in [0.29, 0.717) is 6.42 Å². The zero-order valence-corrected chi connectivity index (χ0v) is 9.66. The third-order valence-electron chi connectivity index (χ3n) is 4.04. The molecule has 0 N–H and O–H groups in total. The van der Waals surface area contributed by atoms with Crippen LogP contribution >= 0.6 is 0 Å². The topological polar surface area (TPSA) is 20.3 Å².